The van der Waals surface area contributed by atoms with Gasteiger partial charge in [0.25, 0.3) is 0 Å². The Labute approximate surface area is 111 Å². The smallest absolute Gasteiger partial charge is 0.133 e. The second-order valence-electron chi connectivity index (χ2n) is 5.96. The zero-order valence-electron chi connectivity index (χ0n) is 11.6. The third-order valence-corrected chi connectivity index (χ3v) is 4.01. The molecule has 0 bridgehead atoms. The largest absolute Gasteiger partial charge is 0.300 e. The molecular weight excluding hydrogens is 220 g/mol. The van der Waals surface area contributed by atoms with Crippen LogP contribution < -0.4 is 0 Å². The summed E-state index contributed by atoms with van der Waals surface area (Å²) in [6.45, 7) is 4.44. The Hall–Kier alpha value is -1.11. The zero-order valence-corrected chi connectivity index (χ0v) is 11.6. The number of carbonyl (C=O) groups is 1. The Bertz CT molecular complexity index is 389. The van der Waals surface area contributed by atoms with Crippen molar-refractivity contribution in [3.63, 3.8) is 0 Å². The molecule has 2 rings (SSSR count). The molecule has 0 amide bonds. The van der Waals surface area contributed by atoms with Gasteiger partial charge < -0.3 is 0 Å². The first-order valence-electron chi connectivity index (χ1n) is 7.25. The molecule has 0 radical (unpaired) electrons. The molecule has 0 N–H and O–H groups in total. The minimum atomic E-state index is 0.469. The van der Waals surface area contributed by atoms with Crippen molar-refractivity contribution in [1.82, 2.24) is 0 Å². The maximum Gasteiger partial charge on any atom is 0.133 e. The lowest BCUT2D eigenvalue weighted by molar-refractivity contribution is -0.119. The topological polar surface area (TPSA) is 17.1 Å². The molecule has 0 spiro atoms. The molecule has 1 aliphatic carbocycles. The van der Waals surface area contributed by atoms with Crippen LogP contribution in [0.1, 0.15) is 63.0 Å². The minimum Gasteiger partial charge on any atom is -0.300 e. The monoisotopic (exact) mass is 244 g/mol. The third kappa shape index (κ3) is 3.69. The van der Waals surface area contributed by atoms with E-state index in [0.717, 1.165) is 25.7 Å². The molecule has 98 valence electrons. The van der Waals surface area contributed by atoms with Crippen molar-refractivity contribution in [3.8, 4) is 0 Å². The fourth-order valence-electron chi connectivity index (χ4n) is 2.83. The van der Waals surface area contributed by atoms with Gasteiger partial charge in [-0.2, -0.15) is 0 Å². The molecule has 0 aliphatic heterocycles. The summed E-state index contributed by atoms with van der Waals surface area (Å²) in [5, 5.41) is 0. The number of Topliss-reactive ketones (excluding diaryl/α,β-unsaturated/α-hetero) is 1. The second-order valence-corrected chi connectivity index (χ2v) is 5.96. The normalized spacial score (nSPS) is 21.1. The van der Waals surface area contributed by atoms with Gasteiger partial charge in [0.05, 0.1) is 0 Å². The first-order valence-corrected chi connectivity index (χ1v) is 7.25. The first kappa shape index (κ1) is 13.3. The van der Waals surface area contributed by atoms with Crippen LogP contribution in [0.25, 0.3) is 0 Å². The summed E-state index contributed by atoms with van der Waals surface area (Å²) < 4.78 is 0. The summed E-state index contributed by atoms with van der Waals surface area (Å²) in [5.74, 6) is 1.64. The zero-order chi connectivity index (χ0) is 13.0. The van der Waals surface area contributed by atoms with Crippen molar-refractivity contribution in [2.45, 2.75) is 58.3 Å². The molecule has 1 atom stereocenters. The van der Waals surface area contributed by atoms with Crippen molar-refractivity contribution < 1.29 is 4.79 Å². The van der Waals surface area contributed by atoms with Gasteiger partial charge in [0.15, 0.2) is 0 Å². The van der Waals surface area contributed by atoms with Gasteiger partial charge in [-0.1, -0.05) is 44.5 Å². The maximum absolute atomic E-state index is 11.6. The molecule has 1 aromatic rings. The van der Waals surface area contributed by atoms with Gasteiger partial charge in [-0.05, 0) is 42.2 Å². The summed E-state index contributed by atoms with van der Waals surface area (Å²) in [5.41, 5.74) is 2.79. The highest BCUT2D eigenvalue weighted by molar-refractivity contribution is 5.78. The predicted octanol–water partition coefficient (Wildman–Crippen LogP) is 4.50. The summed E-state index contributed by atoms with van der Waals surface area (Å²) in [7, 11) is 0. The fourth-order valence-corrected chi connectivity index (χ4v) is 2.83. The van der Waals surface area contributed by atoms with Crippen LogP contribution in [0.2, 0.25) is 0 Å². The fraction of sp³-hybridized carbons (Fsp3) is 0.588. The van der Waals surface area contributed by atoms with Crippen molar-refractivity contribution in [1.29, 1.82) is 0 Å². The van der Waals surface area contributed by atoms with Gasteiger partial charge >= 0.3 is 0 Å². The second kappa shape index (κ2) is 6.17. The van der Waals surface area contributed by atoms with Gasteiger partial charge in [-0.25, -0.2) is 0 Å². The number of ketones is 1. The van der Waals surface area contributed by atoms with E-state index in [9.17, 15) is 4.79 Å². The molecule has 18 heavy (non-hydrogen) atoms. The summed E-state index contributed by atoms with van der Waals surface area (Å²) in [4.78, 5) is 11.6. The van der Waals surface area contributed by atoms with Crippen LogP contribution in [0, 0.1) is 5.92 Å². The molecule has 1 fully saturated rings. The van der Waals surface area contributed by atoms with E-state index in [2.05, 4.69) is 38.1 Å². The Balaban J connectivity index is 1.97. The SMILES string of the molecule is CC(C)c1ccc(CC2CCCCC(=O)C2)cc1. The van der Waals surface area contributed by atoms with Gasteiger partial charge in [-0.15, -0.1) is 0 Å². The van der Waals surface area contributed by atoms with E-state index in [0.29, 0.717) is 17.6 Å². The number of hydrogen-bond acceptors (Lipinski definition) is 1. The van der Waals surface area contributed by atoms with Crippen LogP contribution in [0.5, 0.6) is 0 Å². The van der Waals surface area contributed by atoms with E-state index in [1.165, 1.54) is 24.0 Å². The van der Waals surface area contributed by atoms with Crippen molar-refractivity contribution in [2.75, 3.05) is 0 Å². The van der Waals surface area contributed by atoms with Crippen LogP contribution in [0.4, 0.5) is 0 Å². The van der Waals surface area contributed by atoms with Crippen molar-refractivity contribution in [3.05, 3.63) is 35.4 Å². The highest BCUT2D eigenvalue weighted by Crippen LogP contribution is 2.25. The van der Waals surface area contributed by atoms with Crippen LogP contribution in [0.3, 0.4) is 0 Å². The van der Waals surface area contributed by atoms with E-state index in [4.69, 9.17) is 0 Å². The molecule has 1 unspecified atom stereocenters. The first-order chi connectivity index (χ1) is 8.65. The summed E-state index contributed by atoms with van der Waals surface area (Å²) >= 11 is 0. The van der Waals surface area contributed by atoms with Gasteiger partial charge in [0.2, 0.25) is 0 Å². The van der Waals surface area contributed by atoms with E-state index in [1.807, 2.05) is 0 Å². The van der Waals surface area contributed by atoms with E-state index in [1.54, 1.807) is 0 Å². The van der Waals surface area contributed by atoms with Gasteiger partial charge in [0.1, 0.15) is 5.78 Å². The van der Waals surface area contributed by atoms with E-state index in [-0.39, 0.29) is 0 Å². The average molecular weight is 244 g/mol. The Morgan fingerprint density at radius 3 is 2.56 bits per heavy atom. The average Bonchev–Trinajstić information content (AvgIpc) is 2.54. The molecule has 1 aromatic carbocycles. The lowest BCUT2D eigenvalue weighted by Crippen LogP contribution is -2.08. The number of benzene rings is 1. The van der Waals surface area contributed by atoms with E-state index >= 15 is 0 Å². The highest BCUT2D eigenvalue weighted by atomic mass is 16.1. The van der Waals surface area contributed by atoms with Crippen molar-refractivity contribution in [2.24, 2.45) is 5.92 Å². The Morgan fingerprint density at radius 1 is 1.17 bits per heavy atom. The lowest BCUT2D eigenvalue weighted by atomic mass is 9.91. The number of hydrogen-bond donors (Lipinski definition) is 0. The molecule has 1 saturated carbocycles. The molecule has 0 aromatic heterocycles. The molecule has 1 nitrogen and oxygen atoms in total. The predicted molar refractivity (Wildman–Crippen MR) is 75.8 cm³/mol. The number of rotatable bonds is 3. The highest BCUT2D eigenvalue weighted by Gasteiger charge is 2.17. The van der Waals surface area contributed by atoms with Crippen LogP contribution in [-0.2, 0) is 11.2 Å². The quantitative estimate of drug-likeness (QED) is 0.715. The lowest BCUT2D eigenvalue weighted by Gasteiger charge is -2.14. The van der Waals surface area contributed by atoms with E-state index < -0.39 is 0 Å². The number of carbonyl (C=O) groups excluding carboxylic acids is 1. The summed E-state index contributed by atoms with van der Waals surface area (Å²) in [6.07, 6.45) is 6.22. The standard InChI is InChI=1S/C17H24O/c1-13(2)16-9-7-14(8-10-16)11-15-5-3-4-6-17(18)12-15/h7-10,13,15H,3-6,11-12H2,1-2H3. The Morgan fingerprint density at radius 2 is 1.89 bits per heavy atom. The molecule has 1 aliphatic rings. The molecular formula is C17H24O. The molecule has 0 heterocycles. The van der Waals surface area contributed by atoms with Gasteiger partial charge in [0, 0.05) is 12.8 Å². The van der Waals surface area contributed by atoms with Crippen LogP contribution >= 0.6 is 0 Å². The van der Waals surface area contributed by atoms with Crippen molar-refractivity contribution >= 4 is 5.78 Å². The molecule has 0 saturated heterocycles. The van der Waals surface area contributed by atoms with Gasteiger partial charge in [-0.3, -0.25) is 4.79 Å². The molecule has 1 heteroatoms. The van der Waals surface area contributed by atoms with Crippen LogP contribution in [-0.4, -0.2) is 5.78 Å². The van der Waals surface area contributed by atoms with Crippen LogP contribution in [0.15, 0.2) is 24.3 Å². The third-order valence-electron chi connectivity index (χ3n) is 4.01. The summed E-state index contributed by atoms with van der Waals surface area (Å²) in [6, 6.07) is 8.95. The minimum absolute atomic E-state index is 0.469. The maximum atomic E-state index is 11.6. The Kier molecular flexibility index (Phi) is 4.57.